The molecular formula is C27H28N2O7. The van der Waals surface area contributed by atoms with Crippen LogP contribution in [0.15, 0.2) is 71.1 Å². The van der Waals surface area contributed by atoms with Crippen LogP contribution in [0.1, 0.15) is 42.7 Å². The predicted octanol–water partition coefficient (Wildman–Crippen LogP) is 4.15. The Hall–Kier alpha value is -3.98. The normalized spacial score (nSPS) is 19.5. The van der Waals surface area contributed by atoms with E-state index in [0.29, 0.717) is 34.7 Å². The zero-order chi connectivity index (χ0) is 25.8. The highest BCUT2D eigenvalue weighted by atomic mass is 16.6. The minimum Gasteiger partial charge on any atom is -0.496 e. The van der Waals surface area contributed by atoms with Gasteiger partial charge < -0.3 is 19.5 Å². The lowest BCUT2D eigenvalue weighted by molar-refractivity contribution is -0.384. The molecule has 0 bridgehead atoms. The van der Waals surface area contributed by atoms with E-state index in [1.54, 1.807) is 26.2 Å². The van der Waals surface area contributed by atoms with Gasteiger partial charge >= 0.3 is 5.97 Å². The SMILES string of the molecule is COCCOC(=O)C1=C(C)NC2=C(C(=O)C[C@@H](c3ccccc3OC)C2)[C@H]1c1cccc([N+](=O)[O-])c1. The van der Waals surface area contributed by atoms with Crippen LogP contribution in [0.2, 0.25) is 0 Å². The highest BCUT2D eigenvalue weighted by Crippen LogP contribution is 2.47. The van der Waals surface area contributed by atoms with Crippen LogP contribution in [0.5, 0.6) is 5.75 Å². The van der Waals surface area contributed by atoms with Gasteiger partial charge in [-0.3, -0.25) is 14.9 Å². The van der Waals surface area contributed by atoms with Crippen LogP contribution in [0.25, 0.3) is 0 Å². The zero-order valence-electron chi connectivity index (χ0n) is 20.4. The van der Waals surface area contributed by atoms with Gasteiger partial charge in [0.25, 0.3) is 5.69 Å². The molecule has 0 spiro atoms. The largest absolute Gasteiger partial charge is 0.496 e. The number of nitrogens with one attached hydrogen (secondary N) is 1. The number of dihydropyridines is 1. The molecule has 0 amide bonds. The van der Waals surface area contributed by atoms with Gasteiger partial charge in [0.05, 0.1) is 24.2 Å². The fraction of sp³-hybridized carbons (Fsp3) is 0.333. The number of hydrogen-bond donors (Lipinski definition) is 1. The fourth-order valence-corrected chi connectivity index (χ4v) is 4.98. The monoisotopic (exact) mass is 492 g/mol. The van der Waals surface area contributed by atoms with E-state index in [4.69, 9.17) is 14.2 Å². The Kier molecular flexibility index (Phi) is 7.49. The Balaban J connectivity index is 1.79. The van der Waals surface area contributed by atoms with Gasteiger partial charge in [-0.05, 0) is 30.5 Å². The summed E-state index contributed by atoms with van der Waals surface area (Å²) in [5.41, 5.74) is 3.24. The molecule has 1 N–H and O–H groups in total. The Bertz CT molecular complexity index is 1260. The number of nitrogens with zero attached hydrogens (tertiary/aromatic N) is 1. The van der Waals surface area contributed by atoms with E-state index in [1.807, 2.05) is 24.3 Å². The number of non-ortho nitro benzene ring substituents is 1. The molecule has 1 aliphatic carbocycles. The molecule has 2 aromatic carbocycles. The number of ketones is 1. The maximum Gasteiger partial charge on any atom is 0.336 e. The van der Waals surface area contributed by atoms with Crippen molar-refractivity contribution in [1.29, 1.82) is 0 Å². The first kappa shape index (κ1) is 25.1. The number of Topliss-reactive ketones (excluding diaryl/α,β-unsaturated/α-hetero) is 1. The maximum atomic E-state index is 13.7. The van der Waals surface area contributed by atoms with Crippen molar-refractivity contribution in [2.45, 2.75) is 31.6 Å². The van der Waals surface area contributed by atoms with Crippen LogP contribution in [-0.2, 0) is 19.1 Å². The van der Waals surface area contributed by atoms with Crippen molar-refractivity contribution in [1.82, 2.24) is 5.32 Å². The zero-order valence-corrected chi connectivity index (χ0v) is 20.4. The van der Waals surface area contributed by atoms with Gasteiger partial charge in [-0.1, -0.05) is 30.3 Å². The molecule has 188 valence electrons. The van der Waals surface area contributed by atoms with Gasteiger partial charge in [-0.15, -0.1) is 0 Å². The Morgan fingerprint density at radius 1 is 1.11 bits per heavy atom. The molecule has 9 nitrogen and oxygen atoms in total. The molecule has 2 aromatic rings. The third kappa shape index (κ3) is 4.87. The molecule has 0 saturated heterocycles. The molecule has 0 aromatic heterocycles. The first-order valence-electron chi connectivity index (χ1n) is 11.6. The summed E-state index contributed by atoms with van der Waals surface area (Å²) in [6, 6.07) is 13.7. The summed E-state index contributed by atoms with van der Waals surface area (Å²) in [7, 11) is 3.10. The molecule has 2 atom stereocenters. The molecule has 36 heavy (non-hydrogen) atoms. The number of allylic oxidation sites excluding steroid dienone is 3. The van der Waals surface area contributed by atoms with Crippen LogP contribution >= 0.6 is 0 Å². The van der Waals surface area contributed by atoms with Crippen LogP contribution < -0.4 is 10.1 Å². The summed E-state index contributed by atoms with van der Waals surface area (Å²) in [4.78, 5) is 37.8. The summed E-state index contributed by atoms with van der Waals surface area (Å²) in [5, 5.41) is 14.8. The summed E-state index contributed by atoms with van der Waals surface area (Å²) in [5.74, 6) is -0.929. The van der Waals surface area contributed by atoms with E-state index in [-0.39, 0.29) is 42.6 Å². The maximum absolute atomic E-state index is 13.7. The van der Waals surface area contributed by atoms with E-state index >= 15 is 0 Å². The Morgan fingerprint density at radius 2 is 1.89 bits per heavy atom. The van der Waals surface area contributed by atoms with Crippen molar-refractivity contribution in [3.05, 3.63) is 92.3 Å². The molecule has 0 radical (unpaired) electrons. The van der Waals surface area contributed by atoms with Gasteiger partial charge in [-0.2, -0.15) is 0 Å². The molecule has 0 saturated carbocycles. The van der Waals surface area contributed by atoms with Crippen LogP contribution in [0.4, 0.5) is 5.69 Å². The van der Waals surface area contributed by atoms with E-state index in [2.05, 4.69) is 5.32 Å². The smallest absolute Gasteiger partial charge is 0.336 e. The lowest BCUT2D eigenvalue weighted by Gasteiger charge is -2.36. The molecule has 1 heterocycles. The fourth-order valence-electron chi connectivity index (χ4n) is 4.98. The molecule has 9 heteroatoms. The second kappa shape index (κ2) is 10.7. The minimum atomic E-state index is -0.790. The van der Waals surface area contributed by atoms with Crippen molar-refractivity contribution >= 4 is 17.4 Å². The number of nitro groups is 1. The van der Waals surface area contributed by atoms with Gasteiger partial charge in [-0.25, -0.2) is 4.79 Å². The predicted molar refractivity (Wildman–Crippen MR) is 132 cm³/mol. The molecule has 0 fully saturated rings. The summed E-state index contributed by atoms with van der Waals surface area (Å²) < 4.78 is 15.9. The van der Waals surface area contributed by atoms with Crippen molar-refractivity contribution in [3.8, 4) is 5.75 Å². The van der Waals surface area contributed by atoms with Gasteiger partial charge in [0.1, 0.15) is 12.4 Å². The second-order valence-corrected chi connectivity index (χ2v) is 8.74. The number of methoxy groups -OCH3 is 2. The molecular weight excluding hydrogens is 464 g/mol. The van der Waals surface area contributed by atoms with E-state index in [9.17, 15) is 19.7 Å². The number of nitro benzene ring substituents is 1. The molecule has 2 aliphatic rings. The summed E-state index contributed by atoms with van der Waals surface area (Å²) in [6.07, 6.45) is 0.744. The van der Waals surface area contributed by atoms with Gasteiger partial charge in [0, 0.05) is 54.5 Å². The first-order valence-corrected chi connectivity index (χ1v) is 11.6. The average molecular weight is 493 g/mol. The first-order chi connectivity index (χ1) is 17.3. The second-order valence-electron chi connectivity index (χ2n) is 8.74. The van der Waals surface area contributed by atoms with Crippen molar-refractivity contribution in [3.63, 3.8) is 0 Å². The van der Waals surface area contributed by atoms with Crippen molar-refractivity contribution in [2.75, 3.05) is 27.4 Å². The average Bonchev–Trinajstić information content (AvgIpc) is 2.87. The minimum absolute atomic E-state index is 0.0451. The molecule has 4 rings (SSSR count). The number of ether oxygens (including phenoxy) is 3. The van der Waals surface area contributed by atoms with E-state index < -0.39 is 16.8 Å². The summed E-state index contributed by atoms with van der Waals surface area (Å²) in [6.45, 7) is 2.02. The Labute approximate surface area is 208 Å². The van der Waals surface area contributed by atoms with E-state index in [0.717, 1.165) is 5.56 Å². The molecule has 0 unspecified atom stereocenters. The topological polar surface area (TPSA) is 117 Å². The number of rotatable bonds is 8. The summed E-state index contributed by atoms with van der Waals surface area (Å²) >= 11 is 0. The van der Waals surface area contributed by atoms with Crippen LogP contribution in [0, 0.1) is 10.1 Å². The number of hydrogen-bond acceptors (Lipinski definition) is 8. The van der Waals surface area contributed by atoms with Crippen molar-refractivity contribution < 1.29 is 28.7 Å². The number of benzene rings is 2. The lowest BCUT2D eigenvalue weighted by Crippen LogP contribution is -2.36. The van der Waals surface area contributed by atoms with Crippen LogP contribution in [0.3, 0.4) is 0 Å². The van der Waals surface area contributed by atoms with Crippen LogP contribution in [-0.4, -0.2) is 44.1 Å². The molecule has 1 aliphatic heterocycles. The third-order valence-corrected chi connectivity index (χ3v) is 6.56. The standard InChI is InChI=1S/C27H28N2O7/c1-16-24(27(31)36-12-11-34-2)25(17-7-6-8-19(13-17)29(32)33)26-21(28-16)14-18(15-22(26)30)20-9-4-5-10-23(20)35-3/h4-10,13,18,25,28H,11-12,14-15H2,1-3H3/t18-,25-/m0/s1. The Morgan fingerprint density at radius 3 is 2.61 bits per heavy atom. The van der Waals surface area contributed by atoms with Gasteiger partial charge in [0.15, 0.2) is 5.78 Å². The number of para-hydroxylation sites is 1. The number of esters is 1. The van der Waals surface area contributed by atoms with Gasteiger partial charge in [0.2, 0.25) is 0 Å². The quantitative estimate of drug-likeness (QED) is 0.253. The lowest BCUT2D eigenvalue weighted by atomic mass is 9.71. The number of carbonyl (C=O) groups is 2. The number of carbonyl (C=O) groups excluding carboxylic acids is 2. The van der Waals surface area contributed by atoms with Crippen molar-refractivity contribution in [2.24, 2.45) is 0 Å². The highest BCUT2D eigenvalue weighted by Gasteiger charge is 2.42. The highest BCUT2D eigenvalue weighted by molar-refractivity contribution is 6.04. The third-order valence-electron chi connectivity index (χ3n) is 6.56. The van der Waals surface area contributed by atoms with E-state index in [1.165, 1.54) is 19.2 Å².